The predicted octanol–water partition coefficient (Wildman–Crippen LogP) is 6.04. The van der Waals surface area contributed by atoms with Gasteiger partial charge >= 0.3 is 0 Å². The monoisotopic (exact) mass is 509 g/mol. The Morgan fingerprint density at radius 2 is 1.61 bits per heavy atom. The van der Waals surface area contributed by atoms with E-state index in [1.165, 1.54) is 69.9 Å². The largest absolute Gasteiger partial charge is 0.342 e. The molecule has 36 heavy (non-hydrogen) atoms. The highest BCUT2D eigenvalue weighted by Crippen LogP contribution is 2.48. The molecule has 4 bridgehead atoms. The molecule has 1 aromatic carbocycles. The number of rotatable bonds is 4. The van der Waals surface area contributed by atoms with Crippen LogP contribution in [0.25, 0.3) is 17.1 Å². The van der Waals surface area contributed by atoms with E-state index in [1.807, 2.05) is 28.8 Å². The second-order valence-electron chi connectivity index (χ2n) is 12.4. The van der Waals surface area contributed by atoms with Crippen LogP contribution in [0, 0.1) is 17.8 Å². The summed E-state index contributed by atoms with van der Waals surface area (Å²) >= 11 is 0. The van der Waals surface area contributed by atoms with E-state index >= 15 is 0 Å². The van der Waals surface area contributed by atoms with Crippen molar-refractivity contribution >= 4 is 24.5 Å². The molecule has 7 heteroatoms. The van der Waals surface area contributed by atoms with Gasteiger partial charge in [-0.1, -0.05) is 25.5 Å². The van der Waals surface area contributed by atoms with E-state index in [0.29, 0.717) is 18.1 Å². The van der Waals surface area contributed by atoms with Crippen LogP contribution in [0.15, 0.2) is 34.9 Å². The summed E-state index contributed by atoms with van der Waals surface area (Å²) in [6.07, 6.45) is 14.2. The summed E-state index contributed by atoms with van der Waals surface area (Å²) in [6, 6.07) is 9.77. The van der Waals surface area contributed by atoms with Crippen LogP contribution in [-0.4, -0.2) is 44.1 Å². The van der Waals surface area contributed by atoms with Crippen molar-refractivity contribution in [1.29, 1.82) is 0 Å². The predicted molar refractivity (Wildman–Crippen MR) is 145 cm³/mol. The van der Waals surface area contributed by atoms with Gasteiger partial charge < -0.3 is 9.46 Å². The maximum Gasteiger partial charge on any atom is 0.277 e. The Kier molecular flexibility index (Phi) is 6.50. The summed E-state index contributed by atoms with van der Waals surface area (Å²) in [5.41, 5.74) is 1.76. The maximum atomic E-state index is 13.7. The minimum Gasteiger partial charge on any atom is -0.342 e. The first-order valence-corrected chi connectivity index (χ1v) is 16.2. The van der Waals surface area contributed by atoms with Crippen molar-refractivity contribution < 1.29 is 9.46 Å². The highest BCUT2D eigenvalue weighted by atomic mass is 31.2. The molecule has 1 N–H and O–H groups in total. The third-order valence-electron chi connectivity index (χ3n) is 9.47. The third kappa shape index (κ3) is 4.77. The zero-order chi connectivity index (χ0) is 25.0. The molecule has 2 aromatic rings. The zero-order valence-electron chi connectivity index (χ0n) is 21.6. The van der Waals surface area contributed by atoms with E-state index in [-0.39, 0.29) is 17.3 Å². The van der Waals surface area contributed by atoms with E-state index in [0.717, 1.165) is 41.6 Å². The molecule has 0 amide bonds. The molecule has 6 nitrogen and oxygen atoms in total. The van der Waals surface area contributed by atoms with Crippen molar-refractivity contribution in [2.24, 2.45) is 17.8 Å². The highest BCUT2D eigenvalue weighted by molar-refractivity contribution is 7.60. The second-order valence-corrected chi connectivity index (χ2v) is 14.6. The van der Waals surface area contributed by atoms with Gasteiger partial charge in [-0.05, 0) is 93.7 Å². The normalized spacial score (nSPS) is 36.7. The number of para-hydroxylation sites is 2. The van der Waals surface area contributed by atoms with Gasteiger partial charge in [-0.2, -0.15) is 0 Å². The third-order valence-corrected chi connectivity index (χ3v) is 10.2. The van der Waals surface area contributed by atoms with Crippen molar-refractivity contribution in [2.45, 2.75) is 95.3 Å². The van der Waals surface area contributed by atoms with Crippen molar-refractivity contribution in [3.05, 3.63) is 46.1 Å². The Labute approximate surface area is 214 Å². The van der Waals surface area contributed by atoms with Gasteiger partial charge in [-0.3, -0.25) is 14.3 Å². The lowest BCUT2D eigenvalue weighted by Gasteiger charge is -2.55. The number of piperidine rings is 2. The molecule has 2 aliphatic heterocycles. The van der Waals surface area contributed by atoms with Gasteiger partial charge in [0.1, 0.15) is 5.69 Å². The first-order valence-electron chi connectivity index (χ1n) is 14.0. The van der Waals surface area contributed by atoms with Crippen LogP contribution in [0.3, 0.4) is 0 Å². The smallest absolute Gasteiger partial charge is 0.277 e. The lowest BCUT2D eigenvalue weighted by Crippen LogP contribution is -2.58. The standard InChI is InChI=1S/C29H40N3O3P/c1-19-12-20-14-21(13-19)16-24(15-20)31-22-6-5-7-23(31)18-25(17-22)32-28-9-4-3-8-26(28)30-27(29(32)33)10-11-36(2,34)35/h3-4,8-11,19-25H,5-7,12-18H2,1-2H3,(H,34,35)/b11-10+/t19?,20-,21+,22-,23+,24?,25?. The fourth-order valence-electron chi connectivity index (χ4n) is 8.44. The van der Waals surface area contributed by atoms with Crippen LogP contribution < -0.4 is 5.56 Å². The fourth-order valence-corrected chi connectivity index (χ4v) is 8.86. The molecule has 194 valence electrons. The summed E-state index contributed by atoms with van der Waals surface area (Å²) in [6.45, 7) is 3.72. The van der Waals surface area contributed by atoms with Crippen LogP contribution in [0.5, 0.6) is 0 Å². The van der Waals surface area contributed by atoms with Crippen LogP contribution in [0.4, 0.5) is 0 Å². The molecule has 8 atom stereocenters. The van der Waals surface area contributed by atoms with Crippen LogP contribution in [-0.2, 0) is 4.57 Å². The number of benzene rings is 1. The molecular formula is C29H40N3O3P. The second kappa shape index (κ2) is 9.53. The van der Waals surface area contributed by atoms with E-state index in [4.69, 9.17) is 0 Å². The molecule has 4 unspecified atom stereocenters. The van der Waals surface area contributed by atoms with Crippen molar-refractivity contribution in [2.75, 3.05) is 6.66 Å². The van der Waals surface area contributed by atoms with Crippen LogP contribution in [0.2, 0.25) is 0 Å². The lowest BCUT2D eigenvalue weighted by atomic mass is 9.65. The molecule has 2 aliphatic carbocycles. The molecule has 4 fully saturated rings. The lowest BCUT2D eigenvalue weighted by molar-refractivity contribution is -0.0524. The number of aromatic nitrogens is 2. The molecule has 2 saturated carbocycles. The Bertz CT molecular complexity index is 1230. The number of hydrogen-bond acceptors (Lipinski definition) is 4. The summed E-state index contributed by atoms with van der Waals surface area (Å²) in [7, 11) is -3.39. The quantitative estimate of drug-likeness (QED) is 0.509. The summed E-state index contributed by atoms with van der Waals surface area (Å²) in [5, 5.41) is 0. The van der Waals surface area contributed by atoms with Gasteiger partial charge in [-0.15, -0.1) is 0 Å². The Morgan fingerprint density at radius 1 is 0.944 bits per heavy atom. The molecule has 3 heterocycles. The topological polar surface area (TPSA) is 75.4 Å². The summed E-state index contributed by atoms with van der Waals surface area (Å²) in [5.74, 6) is 3.92. The summed E-state index contributed by atoms with van der Waals surface area (Å²) < 4.78 is 13.9. The van der Waals surface area contributed by atoms with Crippen molar-refractivity contribution in [3.63, 3.8) is 0 Å². The first-order chi connectivity index (χ1) is 17.2. The number of fused-ring (bicyclic) bond motifs is 5. The average molecular weight is 510 g/mol. The Morgan fingerprint density at radius 3 is 2.28 bits per heavy atom. The fraction of sp³-hybridized carbons (Fsp3) is 0.655. The first kappa shape index (κ1) is 24.6. The van der Waals surface area contributed by atoms with Gasteiger partial charge in [0, 0.05) is 36.6 Å². The van der Waals surface area contributed by atoms with Crippen LogP contribution in [0.1, 0.15) is 82.9 Å². The average Bonchev–Trinajstić information content (AvgIpc) is 2.80. The maximum absolute atomic E-state index is 13.7. The molecule has 4 aliphatic rings. The van der Waals surface area contributed by atoms with Gasteiger partial charge in [-0.25, -0.2) is 4.98 Å². The van der Waals surface area contributed by atoms with Gasteiger partial charge in [0.05, 0.1) is 11.0 Å². The SMILES string of the molecule is CC1C[C@@H]2CC(N3[C@@H]4CCC[C@H]3CC(n3c(=O)c(/C=C/P(C)(=O)O)nc5ccccc53)C4)C[C@H](C1)C2. The van der Waals surface area contributed by atoms with E-state index in [1.54, 1.807) is 0 Å². The minimum atomic E-state index is -3.39. The van der Waals surface area contributed by atoms with Gasteiger partial charge in [0.15, 0.2) is 0 Å². The Balaban J connectivity index is 1.33. The van der Waals surface area contributed by atoms with Gasteiger partial charge in [0.25, 0.3) is 5.56 Å². The van der Waals surface area contributed by atoms with Crippen molar-refractivity contribution in [3.8, 4) is 0 Å². The number of hydrogen-bond donors (Lipinski definition) is 1. The molecule has 0 radical (unpaired) electrons. The van der Waals surface area contributed by atoms with E-state index in [9.17, 15) is 14.3 Å². The van der Waals surface area contributed by atoms with E-state index in [2.05, 4.69) is 16.8 Å². The minimum absolute atomic E-state index is 0.134. The van der Waals surface area contributed by atoms with Gasteiger partial charge in [0.2, 0.25) is 7.37 Å². The van der Waals surface area contributed by atoms with Crippen molar-refractivity contribution in [1.82, 2.24) is 14.5 Å². The highest BCUT2D eigenvalue weighted by Gasteiger charge is 2.46. The van der Waals surface area contributed by atoms with Crippen LogP contribution >= 0.6 is 7.37 Å². The molecular weight excluding hydrogens is 469 g/mol. The molecule has 0 spiro atoms. The molecule has 6 rings (SSSR count). The van der Waals surface area contributed by atoms with E-state index < -0.39 is 7.37 Å². The zero-order valence-corrected chi connectivity index (χ0v) is 22.5. The Hall–Kier alpha value is -1.75. The summed E-state index contributed by atoms with van der Waals surface area (Å²) in [4.78, 5) is 31.0. The molecule has 1 aromatic heterocycles. The molecule has 2 saturated heterocycles. The number of nitrogens with zero attached hydrogens (tertiary/aromatic N) is 3.